The number of hydrogen-bond donors (Lipinski definition) is 2. The number of aromatic nitrogens is 2. The number of carbonyl (C=O) groups is 3. The Balaban J connectivity index is 1.24. The van der Waals surface area contributed by atoms with Gasteiger partial charge in [-0.2, -0.15) is 5.10 Å². The van der Waals surface area contributed by atoms with Crippen LogP contribution in [0.4, 0.5) is 5.69 Å². The van der Waals surface area contributed by atoms with Crippen LogP contribution in [-0.4, -0.2) is 51.9 Å². The molecule has 44 heavy (non-hydrogen) atoms. The van der Waals surface area contributed by atoms with Gasteiger partial charge in [-0.15, -0.1) is 0 Å². The Kier molecular flexibility index (Phi) is 9.43. The fraction of sp³-hybridized carbons (Fsp3) is 0.314. The number of rotatable bonds is 11. The molecule has 5 rings (SSSR count). The lowest BCUT2D eigenvalue weighted by Gasteiger charge is -2.31. The summed E-state index contributed by atoms with van der Waals surface area (Å²) in [4.78, 5) is 38.8. The van der Waals surface area contributed by atoms with Crippen LogP contribution in [0.3, 0.4) is 0 Å². The normalized spacial score (nSPS) is 13.2. The van der Waals surface area contributed by atoms with Crippen LogP contribution in [-0.2, 0) is 22.6 Å². The summed E-state index contributed by atoms with van der Waals surface area (Å²) in [6, 6.07) is 18.2. The molecule has 0 unspecified atom stereocenters. The van der Waals surface area contributed by atoms with Crippen molar-refractivity contribution in [1.82, 2.24) is 15.1 Å². The lowest BCUT2D eigenvalue weighted by atomic mass is 9.93. The van der Waals surface area contributed by atoms with Crippen molar-refractivity contribution in [2.24, 2.45) is 0 Å². The van der Waals surface area contributed by atoms with E-state index < -0.39 is 17.9 Å². The molecule has 1 atom stereocenters. The van der Waals surface area contributed by atoms with Crippen LogP contribution in [0, 0.1) is 13.8 Å². The Hall–Kier alpha value is -4.92. The number of carboxylic acid groups (broad SMARTS) is 1. The van der Waals surface area contributed by atoms with E-state index in [0.29, 0.717) is 38.1 Å². The van der Waals surface area contributed by atoms with E-state index in [1.54, 1.807) is 18.2 Å². The van der Waals surface area contributed by atoms with E-state index in [1.807, 2.05) is 59.2 Å². The highest BCUT2D eigenvalue weighted by atomic mass is 16.5. The highest BCUT2D eigenvalue weighted by Crippen LogP contribution is 2.36. The summed E-state index contributed by atoms with van der Waals surface area (Å²) < 4.78 is 7.78. The number of hydrogen-bond acceptors (Lipinski definition) is 5. The quantitative estimate of drug-likeness (QED) is 0.220. The van der Waals surface area contributed by atoms with E-state index in [4.69, 9.17) is 9.84 Å². The maximum Gasteiger partial charge on any atom is 0.325 e. The van der Waals surface area contributed by atoms with E-state index in [1.165, 1.54) is 12.5 Å². The first-order valence-corrected chi connectivity index (χ1v) is 15.0. The number of nitrogens with zero attached hydrogens (tertiary/aromatic N) is 3. The molecule has 1 aromatic heterocycles. The van der Waals surface area contributed by atoms with Gasteiger partial charge in [0, 0.05) is 36.0 Å². The van der Waals surface area contributed by atoms with Gasteiger partial charge in [0.1, 0.15) is 11.8 Å². The van der Waals surface area contributed by atoms with Crippen molar-refractivity contribution >= 4 is 23.5 Å². The molecule has 0 fully saturated rings. The predicted octanol–water partition coefficient (Wildman–Crippen LogP) is 5.56. The Labute approximate surface area is 257 Å². The van der Waals surface area contributed by atoms with Crippen LogP contribution in [0.15, 0.2) is 73.1 Å². The molecule has 9 heteroatoms. The molecule has 0 radical (unpaired) electrons. The minimum absolute atomic E-state index is 0.102. The standard InChI is InChI=1S/C35H38N4O5/c1-23-9-4-15-32(24(23)2)44-18-8-16-33(40)39-17-7-13-30-29(12-6-14-31(30)39)28-20-36-38(22-28)21-26-10-5-11-27(19-26)34(41)37-25(3)35(42)43/h4-6,9-12,14-15,19-20,22,25H,7-8,13,16-18,21H2,1-3H3,(H,37,41)(H,42,43)/t25-/m0/s1. The Morgan fingerprint density at radius 1 is 1.07 bits per heavy atom. The van der Waals surface area contributed by atoms with Crippen molar-refractivity contribution in [2.45, 2.75) is 59.0 Å². The van der Waals surface area contributed by atoms with Crippen molar-refractivity contribution < 1.29 is 24.2 Å². The second-order valence-corrected chi connectivity index (χ2v) is 11.3. The molecule has 0 saturated carbocycles. The van der Waals surface area contributed by atoms with Gasteiger partial charge < -0.3 is 20.1 Å². The maximum absolute atomic E-state index is 13.3. The van der Waals surface area contributed by atoms with Gasteiger partial charge in [0.2, 0.25) is 5.91 Å². The van der Waals surface area contributed by atoms with Crippen LogP contribution >= 0.6 is 0 Å². The van der Waals surface area contributed by atoms with Gasteiger partial charge in [0.15, 0.2) is 0 Å². The van der Waals surface area contributed by atoms with Gasteiger partial charge >= 0.3 is 5.97 Å². The van der Waals surface area contributed by atoms with Crippen LogP contribution in [0.2, 0.25) is 0 Å². The van der Waals surface area contributed by atoms with E-state index >= 15 is 0 Å². The molecule has 0 spiro atoms. The maximum atomic E-state index is 13.3. The van der Waals surface area contributed by atoms with Gasteiger partial charge in [0.05, 0.1) is 19.3 Å². The summed E-state index contributed by atoms with van der Waals surface area (Å²) in [5.74, 6) is -0.556. The molecular weight excluding hydrogens is 556 g/mol. The van der Waals surface area contributed by atoms with E-state index in [2.05, 4.69) is 29.5 Å². The van der Waals surface area contributed by atoms with Crippen molar-refractivity contribution in [1.29, 1.82) is 0 Å². The first kappa shape index (κ1) is 30.5. The molecule has 1 aliphatic heterocycles. The summed E-state index contributed by atoms with van der Waals surface area (Å²) >= 11 is 0. The average Bonchev–Trinajstić information content (AvgIpc) is 3.48. The summed E-state index contributed by atoms with van der Waals surface area (Å²) in [6.07, 6.45) is 6.62. The van der Waals surface area contributed by atoms with E-state index in [-0.39, 0.29) is 5.91 Å². The second kappa shape index (κ2) is 13.6. The summed E-state index contributed by atoms with van der Waals surface area (Å²) in [7, 11) is 0. The molecular formula is C35H38N4O5. The Bertz CT molecular complexity index is 1680. The van der Waals surface area contributed by atoms with Crippen molar-refractivity contribution in [3.8, 4) is 16.9 Å². The van der Waals surface area contributed by atoms with Crippen LogP contribution in [0.5, 0.6) is 5.75 Å². The number of aryl methyl sites for hydroxylation is 1. The topological polar surface area (TPSA) is 114 Å². The van der Waals surface area contributed by atoms with Gasteiger partial charge in [-0.05, 0) is 92.1 Å². The molecule has 2 N–H and O–H groups in total. The molecule has 1 aliphatic rings. The third-order valence-electron chi connectivity index (χ3n) is 8.10. The van der Waals surface area contributed by atoms with Crippen molar-refractivity contribution in [2.75, 3.05) is 18.1 Å². The number of carbonyl (C=O) groups excluding carboxylic acids is 2. The van der Waals surface area contributed by atoms with Crippen molar-refractivity contribution in [3.63, 3.8) is 0 Å². The lowest BCUT2D eigenvalue weighted by Crippen LogP contribution is -2.38. The van der Waals surface area contributed by atoms with Gasteiger partial charge in [-0.3, -0.25) is 19.1 Å². The smallest absolute Gasteiger partial charge is 0.325 e. The first-order chi connectivity index (χ1) is 21.2. The number of aliphatic carboxylic acids is 1. The molecule has 2 heterocycles. The van der Waals surface area contributed by atoms with Crippen molar-refractivity contribution in [3.05, 3.63) is 101 Å². The lowest BCUT2D eigenvalue weighted by molar-refractivity contribution is -0.138. The zero-order valence-corrected chi connectivity index (χ0v) is 25.4. The van der Waals surface area contributed by atoms with E-state index in [9.17, 15) is 14.4 Å². The van der Waals surface area contributed by atoms with Crippen LogP contribution in [0.1, 0.15) is 58.8 Å². The summed E-state index contributed by atoms with van der Waals surface area (Å²) in [6.45, 7) is 7.17. The number of fused-ring (bicyclic) bond motifs is 1. The summed E-state index contributed by atoms with van der Waals surface area (Å²) in [5.41, 5.74) is 7.68. The minimum atomic E-state index is -1.09. The average molecular weight is 595 g/mol. The number of benzene rings is 3. The molecule has 4 aromatic rings. The van der Waals surface area contributed by atoms with Crippen LogP contribution in [0.25, 0.3) is 11.1 Å². The zero-order chi connectivity index (χ0) is 31.2. The molecule has 2 amide bonds. The van der Waals surface area contributed by atoms with Gasteiger partial charge in [0.25, 0.3) is 5.91 Å². The molecule has 3 aromatic carbocycles. The van der Waals surface area contributed by atoms with Gasteiger partial charge in [-0.25, -0.2) is 0 Å². The molecule has 0 saturated heterocycles. The molecule has 0 aliphatic carbocycles. The van der Waals surface area contributed by atoms with Gasteiger partial charge in [-0.1, -0.05) is 36.4 Å². The second-order valence-electron chi connectivity index (χ2n) is 11.3. The molecule has 9 nitrogen and oxygen atoms in total. The molecule has 228 valence electrons. The third kappa shape index (κ3) is 6.99. The predicted molar refractivity (Wildman–Crippen MR) is 169 cm³/mol. The largest absolute Gasteiger partial charge is 0.493 e. The number of nitrogens with one attached hydrogen (secondary N) is 1. The number of ether oxygens (including phenoxy) is 1. The monoisotopic (exact) mass is 594 g/mol. The highest BCUT2D eigenvalue weighted by Gasteiger charge is 2.25. The van der Waals surface area contributed by atoms with Crippen LogP contribution < -0.4 is 15.0 Å². The SMILES string of the molecule is Cc1cccc(OCCCC(=O)N2CCCc3c(-c4cnn(Cc5cccc(C(=O)N[C@@H](C)C(=O)O)c5)c4)cccc32)c1C. The highest BCUT2D eigenvalue weighted by molar-refractivity contribution is 5.97. The minimum Gasteiger partial charge on any atom is -0.493 e. The Morgan fingerprint density at radius 3 is 2.68 bits per heavy atom. The fourth-order valence-electron chi connectivity index (χ4n) is 5.50. The number of anilines is 1. The molecule has 0 bridgehead atoms. The number of amides is 2. The van der Waals surface area contributed by atoms with E-state index in [0.717, 1.165) is 52.1 Å². The zero-order valence-electron chi connectivity index (χ0n) is 25.4. The fourth-order valence-corrected chi connectivity index (χ4v) is 5.50. The Morgan fingerprint density at radius 2 is 1.86 bits per heavy atom. The number of carboxylic acids is 1. The first-order valence-electron chi connectivity index (χ1n) is 15.0. The third-order valence-corrected chi connectivity index (χ3v) is 8.10. The summed E-state index contributed by atoms with van der Waals surface area (Å²) in [5, 5.41) is 16.1.